The van der Waals surface area contributed by atoms with Crippen molar-refractivity contribution in [2.75, 3.05) is 20.3 Å². The van der Waals surface area contributed by atoms with Crippen LogP contribution in [0.15, 0.2) is 28.7 Å². The fourth-order valence-corrected chi connectivity index (χ4v) is 2.06. The molecule has 1 unspecified atom stereocenters. The Morgan fingerprint density at radius 1 is 1.11 bits per heavy atom. The zero-order valence-corrected chi connectivity index (χ0v) is 13.2. The van der Waals surface area contributed by atoms with E-state index in [0.717, 1.165) is 36.4 Å². The van der Waals surface area contributed by atoms with Gasteiger partial charge in [0.25, 0.3) is 0 Å². The van der Waals surface area contributed by atoms with Crippen LogP contribution in [0.1, 0.15) is 38.3 Å². The van der Waals surface area contributed by atoms with Crippen LogP contribution >= 0.6 is 15.9 Å². The van der Waals surface area contributed by atoms with Crippen molar-refractivity contribution < 1.29 is 4.74 Å². The summed E-state index contributed by atoms with van der Waals surface area (Å²) in [4.78, 5) is 0. The molecule has 0 bridgehead atoms. The van der Waals surface area contributed by atoms with Gasteiger partial charge >= 0.3 is 0 Å². The highest BCUT2D eigenvalue weighted by molar-refractivity contribution is 9.10. The molecule has 102 valence electrons. The van der Waals surface area contributed by atoms with Crippen molar-refractivity contribution in [1.29, 1.82) is 0 Å². The molecule has 1 aromatic carbocycles. The third kappa shape index (κ3) is 5.98. The molecule has 0 saturated heterocycles. The molecule has 3 heteroatoms. The molecule has 0 aliphatic heterocycles. The van der Waals surface area contributed by atoms with Crippen LogP contribution in [0.5, 0.6) is 0 Å². The average Bonchev–Trinajstić information content (AvgIpc) is 2.35. The highest BCUT2D eigenvalue weighted by atomic mass is 79.9. The lowest BCUT2D eigenvalue weighted by molar-refractivity contribution is 0.115. The Hall–Kier alpha value is -0.380. The first-order valence-electron chi connectivity index (χ1n) is 6.64. The van der Waals surface area contributed by atoms with Gasteiger partial charge in [-0.15, -0.1) is 0 Å². The number of nitrogens with one attached hydrogen (secondary N) is 1. The smallest absolute Gasteiger partial charge is 0.0484 e. The monoisotopic (exact) mass is 313 g/mol. The van der Waals surface area contributed by atoms with Crippen LogP contribution in [-0.2, 0) is 4.74 Å². The van der Waals surface area contributed by atoms with Gasteiger partial charge in [0.2, 0.25) is 0 Å². The van der Waals surface area contributed by atoms with Crippen molar-refractivity contribution in [2.24, 2.45) is 5.92 Å². The second-order valence-corrected chi connectivity index (χ2v) is 5.89. The SMILES string of the molecule is CNC(CCOCCC(C)C)c1ccc(Br)cc1. The van der Waals surface area contributed by atoms with Crippen molar-refractivity contribution in [2.45, 2.75) is 32.7 Å². The lowest BCUT2D eigenvalue weighted by Gasteiger charge is -2.17. The summed E-state index contributed by atoms with van der Waals surface area (Å²) in [7, 11) is 2.00. The summed E-state index contributed by atoms with van der Waals surface area (Å²) in [5.74, 6) is 0.719. The summed E-state index contributed by atoms with van der Waals surface area (Å²) < 4.78 is 6.79. The van der Waals surface area contributed by atoms with E-state index >= 15 is 0 Å². The fourth-order valence-electron chi connectivity index (χ4n) is 1.80. The maximum absolute atomic E-state index is 5.67. The zero-order valence-electron chi connectivity index (χ0n) is 11.6. The van der Waals surface area contributed by atoms with Gasteiger partial charge in [0.05, 0.1) is 0 Å². The minimum atomic E-state index is 0.372. The molecule has 1 aromatic rings. The summed E-state index contributed by atoms with van der Waals surface area (Å²) in [6.45, 7) is 6.13. The predicted octanol–water partition coefficient (Wildman–Crippen LogP) is 4.16. The van der Waals surface area contributed by atoms with E-state index in [-0.39, 0.29) is 0 Å². The van der Waals surface area contributed by atoms with Crippen LogP contribution < -0.4 is 5.32 Å². The largest absolute Gasteiger partial charge is 0.381 e. The predicted molar refractivity (Wildman–Crippen MR) is 80.8 cm³/mol. The molecule has 0 aliphatic rings. The molecule has 0 fully saturated rings. The molecule has 0 aliphatic carbocycles. The van der Waals surface area contributed by atoms with Gasteiger partial charge in [-0.05, 0) is 43.5 Å². The minimum absolute atomic E-state index is 0.372. The molecule has 1 rings (SSSR count). The minimum Gasteiger partial charge on any atom is -0.381 e. The molecule has 0 saturated carbocycles. The van der Waals surface area contributed by atoms with Gasteiger partial charge in [-0.3, -0.25) is 0 Å². The summed E-state index contributed by atoms with van der Waals surface area (Å²) in [6.07, 6.45) is 2.15. The van der Waals surface area contributed by atoms with E-state index < -0.39 is 0 Å². The number of benzene rings is 1. The highest BCUT2D eigenvalue weighted by Crippen LogP contribution is 2.19. The lowest BCUT2D eigenvalue weighted by Crippen LogP contribution is -2.18. The molecule has 0 amide bonds. The number of halogens is 1. The van der Waals surface area contributed by atoms with Gasteiger partial charge in [-0.25, -0.2) is 0 Å². The Labute approximate surface area is 119 Å². The van der Waals surface area contributed by atoms with Crippen LogP contribution in [0.25, 0.3) is 0 Å². The molecule has 0 aromatic heterocycles. The normalized spacial score (nSPS) is 12.9. The van der Waals surface area contributed by atoms with Gasteiger partial charge in [0, 0.05) is 23.7 Å². The van der Waals surface area contributed by atoms with Crippen molar-refractivity contribution in [3.8, 4) is 0 Å². The topological polar surface area (TPSA) is 21.3 Å². The van der Waals surface area contributed by atoms with Crippen molar-refractivity contribution >= 4 is 15.9 Å². The molecule has 18 heavy (non-hydrogen) atoms. The van der Waals surface area contributed by atoms with Gasteiger partial charge in [0.1, 0.15) is 0 Å². The Bertz CT molecular complexity index is 324. The van der Waals surface area contributed by atoms with Crippen LogP contribution in [0.3, 0.4) is 0 Å². The Kier molecular flexibility index (Phi) is 7.56. The van der Waals surface area contributed by atoms with Crippen molar-refractivity contribution in [1.82, 2.24) is 5.32 Å². The molecule has 0 heterocycles. The van der Waals surface area contributed by atoms with Crippen LogP contribution in [0.4, 0.5) is 0 Å². The molecular formula is C15H24BrNO. The Morgan fingerprint density at radius 2 is 1.72 bits per heavy atom. The Balaban J connectivity index is 2.31. The first kappa shape index (κ1) is 15.7. The fraction of sp³-hybridized carbons (Fsp3) is 0.600. The molecule has 0 spiro atoms. The van der Waals surface area contributed by atoms with E-state index in [1.165, 1.54) is 5.56 Å². The lowest BCUT2D eigenvalue weighted by atomic mass is 10.0. The summed E-state index contributed by atoms with van der Waals surface area (Å²) in [5.41, 5.74) is 1.31. The van der Waals surface area contributed by atoms with Crippen LogP contribution in [0, 0.1) is 5.92 Å². The number of hydrogen-bond donors (Lipinski definition) is 1. The van der Waals surface area contributed by atoms with Crippen LogP contribution in [0.2, 0.25) is 0 Å². The van der Waals surface area contributed by atoms with Crippen molar-refractivity contribution in [3.05, 3.63) is 34.3 Å². The second kappa shape index (κ2) is 8.68. The molecule has 1 atom stereocenters. The summed E-state index contributed by atoms with van der Waals surface area (Å²) >= 11 is 3.46. The first-order valence-corrected chi connectivity index (χ1v) is 7.43. The first-order chi connectivity index (χ1) is 8.63. The van der Waals surface area contributed by atoms with E-state index in [2.05, 4.69) is 59.4 Å². The zero-order chi connectivity index (χ0) is 13.4. The summed E-state index contributed by atoms with van der Waals surface area (Å²) in [5, 5.41) is 3.34. The number of ether oxygens (including phenoxy) is 1. The molecular weight excluding hydrogens is 290 g/mol. The van der Waals surface area contributed by atoms with Gasteiger partial charge in [-0.2, -0.15) is 0 Å². The summed E-state index contributed by atoms with van der Waals surface area (Å²) in [6, 6.07) is 8.84. The second-order valence-electron chi connectivity index (χ2n) is 4.98. The standard InChI is InChI=1S/C15H24BrNO/c1-12(2)8-10-18-11-9-15(17-3)13-4-6-14(16)7-5-13/h4-7,12,15,17H,8-11H2,1-3H3. The molecule has 1 N–H and O–H groups in total. The molecule has 2 nitrogen and oxygen atoms in total. The number of hydrogen-bond acceptors (Lipinski definition) is 2. The maximum atomic E-state index is 5.67. The van der Waals surface area contributed by atoms with Crippen LogP contribution in [-0.4, -0.2) is 20.3 Å². The quantitative estimate of drug-likeness (QED) is 0.727. The van der Waals surface area contributed by atoms with Gasteiger partial charge in [0.15, 0.2) is 0 Å². The average molecular weight is 314 g/mol. The van der Waals surface area contributed by atoms with E-state index in [1.54, 1.807) is 0 Å². The van der Waals surface area contributed by atoms with E-state index in [0.29, 0.717) is 6.04 Å². The third-order valence-corrected chi connectivity index (χ3v) is 3.54. The highest BCUT2D eigenvalue weighted by Gasteiger charge is 2.08. The maximum Gasteiger partial charge on any atom is 0.0484 e. The van der Waals surface area contributed by atoms with E-state index in [9.17, 15) is 0 Å². The van der Waals surface area contributed by atoms with E-state index in [1.807, 2.05) is 7.05 Å². The van der Waals surface area contributed by atoms with Gasteiger partial charge < -0.3 is 10.1 Å². The Morgan fingerprint density at radius 3 is 2.28 bits per heavy atom. The van der Waals surface area contributed by atoms with Crippen molar-refractivity contribution in [3.63, 3.8) is 0 Å². The van der Waals surface area contributed by atoms with E-state index in [4.69, 9.17) is 4.74 Å². The number of rotatable bonds is 8. The third-order valence-electron chi connectivity index (χ3n) is 3.01. The molecule has 0 radical (unpaired) electrons. The van der Waals surface area contributed by atoms with Gasteiger partial charge in [-0.1, -0.05) is 41.9 Å².